The molecule has 0 fully saturated rings. The number of benzene rings is 1. The van der Waals surface area contributed by atoms with Gasteiger partial charge in [-0.3, -0.25) is 4.79 Å². The summed E-state index contributed by atoms with van der Waals surface area (Å²) < 4.78 is 5.13. The van der Waals surface area contributed by atoms with Gasteiger partial charge in [0.25, 0.3) is 5.91 Å². The third kappa shape index (κ3) is 2.91. The Hall–Kier alpha value is -1.67. The van der Waals surface area contributed by atoms with Crippen LogP contribution in [0.3, 0.4) is 0 Å². The molecule has 0 saturated carbocycles. The summed E-state index contributed by atoms with van der Waals surface area (Å²) in [6.07, 6.45) is 1.95. The first-order valence-electron chi connectivity index (χ1n) is 4.60. The number of hydrogen-bond acceptors (Lipinski definition) is 4. The van der Waals surface area contributed by atoms with Crippen LogP contribution in [0.2, 0.25) is 0 Å². The Kier molecular flexibility index (Phi) is 4.67. The monoisotopic (exact) mass is 236 g/mol. The predicted molar refractivity (Wildman–Crippen MR) is 62.7 cm³/mol. The molecule has 0 unspecified atom stereocenters. The van der Waals surface area contributed by atoms with E-state index in [4.69, 9.17) is 10.00 Å². The highest BCUT2D eigenvalue weighted by Crippen LogP contribution is 2.25. The van der Waals surface area contributed by atoms with Crippen LogP contribution in [-0.2, 0) is 0 Å². The molecular formula is C11H12N2O2S. The molecule has 1 N–H and O–H groups in total. The average molecular weight is 236 g/mol. The quantitative estimate of drug-likeness (QED) is 0.638. The smallest absolute Gasteiger partial charge is 0.255 e. The van der Waals surface area contributed by atoms with E-state index in [1.807, 2.05) is 18.4 Å². The van der Waals surface area contributed by atoms with Gasteiger partial charge in [-0.2, -0.15) is 5.26 Å². The summed E-state index contributed by atoms with van der Waals surface area (Å²) in [7, 11) is 1.51. The Bertz CT molecular complexity index is 426. The molecule has 0 bridgehead atoms. The number of ether oxygens (including phenoxy) is 1. The van der Waals surface area contributed by atoms with Crippen molar-refractivity contribution in [2.24, 2.45) is 0 Å². The summed E-state index contributed by atoms with van der Waals surface area (Å²) in [6.45, 7) is -0.00767. The topological polar surface area (TPSA) is 62.1 Å². The molecule has 0 saturated heterocycles. The number of thioether (sulfide) groups is 1. The Morgan fingerprint density at radius 1 is 1.62 bits per heavy atom. The number of nitrogens with zero attached hydrogens (tertiary/aromatic N) is 1. The molecule has 1 aromatic carbocycles. The number of nitrogens with one attached hydrogen (secondary N) is 1. The molecule has 0 heterocycles. The van der Waals surface area contributed by atoms with E-state index in [9.17, 15) is 4.79 Å². The van der Waals surface area contributed by atoms with Crippen LogP contribution < -0.4 is 10.1 Å². The molecule has 4 nitrogen and oxygen atoms in total. The van der Waals surface area contributed by atoms with E-state index >= 15 is 0 Å². The molecule has 0 aromatic heterocycles. The average Bonchev–Trinajstić information content (AvgIpc) is 2.34. The molecule has 0 spiro atoms. The van der Waals surface area contributed by atoms with Gasteiger partial charge in [0.2, 0.25) is 0 Å². The lowest BCUT2D eigenvalue weighted by Gasteiger charge is -2.08. The minimum Gasteiger partial charge on any atom is -0.496 e. The second-order valence-corrected chi connectivity index (χ2v) is 3.79. The SMILES string of the molecule is COc1cc(SC)ccc1C(=O)NCC#N. The van der Waals surface area contributed by atoms with Crippen molar-refractivity contribution in [3.8, 4) is 11.8 Å². The van der Waals surface area contributed by atoms with Crippen molar-refractivity contribution in [1.82, 2.24) is 5.32 Å². The van der Waals surface area contributed by atoms with Gasteiger partial charge in [-0.05, 0) is 24.5 Å². The number of amides is 1. The van der Waals surface area contributed by atoms with Crippen LogP contribution in [0.25, 0.3) is 0 Å². The lowest BCUT2D eigenvalue weighted by molar-refractivity contribution is 0.0955. The van der Waals surface area contributed by atoms with Crippen molar-refractivity contribution >= 4 is 17.7 Å². The first kappa shape index (κ1) is 12.4. The molecule has 1 rings (SSSR count). The lowest BCUT2D eigenvalue weighted by Crippen LogP contribution is -2.23. The zero-order valence-electron chi connectivity index (χ0n) is 9.11. The van der Waals surface area contributed by atoms with Crippen LogP contribution in [-0.4, -0.2) is 25.8 Å². The second-order valence-electron chi connectivity index (χ2n) is 2.91. The number of nitriles is 1. The van der Waals surface area contributed by atoms with Crippen molar-refractivity contribution < 1.29 is 9.53 Å². The van der Waals surface area contributed by atoms with Gasteiger partial charge in [0.15, 0.2) is 0 Å². The van der Waals surface area contributed by atoms with Crippen molar-refractivity contribution in [2.45, 2.75) is 4.90 Å². The maximum atomic E-state index is 11.6. The second kappa shape index (κ2) is 6.03. The zero-order chi connectivity index (χ0) is 12.0. The number of carbonyl (C=O) groups excluding carboxylic acids is 1. The van der Waals surface area contributed by atoms with Crippen molar-refractivity contribution in [2.75, 3.05) is 19.9 Å². The standard InChI is InChI=1S/C11H12N2O2S/c1-15-10-7-8(16-2)3-4-9(10)11(14)13-6-5-12/h3-4,7H,6H2,1-2H3,(H,13,14). The van der Waals surface area contributed by atoms with Gasteiger partial charge in [-0.25, -0.2) is 0 Å². The van der Waals surface area contributed by atoms with Crippen molar-refractivity contribution in [3.05, 3.63) is 23.8 Å². The highest BCUT2D eigenvalue weighted by molar-refractivity contribution is 7.98. The summed E-state index contributed by atoms with van der Waals surface area (Å²) in [5.41, 5.74) is 0.440. The normalized spacial score (nSPS) is 9.31. The Balaban J connectivity index is 2.95. The minimum absolute atomic E-state index is 0.00767. The van der Waals surface area contributed by atoms with Crippen molar-refractivity contribution in [3.63, 3.8) is 0 Å². The number of hydrogen-bond donors (Lipinski definition) is 1. The van der Waals surface area contributed by atoms with Crippen LogP contribution >= 0.6 is 11.8 Å². The maximum absolute atomic E-state index is 11.6. The minimum atomic E-state index is -0.300. The van der Waals surface area contributed by atoms with Gasteiger partial charge >= 0.3 is 0 Å². The van der Waals surface area contributed by atoms with E-state index in [2.05, 4.69) is 5.32 Å². The van der Waals surface area contributed by atoms with Gasteiger partial charge in [0.05, 0.1) is 18.7 Å². The van der Waals surface area contributed by atoms with E-state index in [1.54, 1.807) is 23.9 Å². The van der Waals surface area contributed by atoms with Gasteiger partial charge < -0.3 is 10.1 Å². The summed E-state index contributed by atoms with van der Waals surface area (Å²) in [4.78, 5) is 12.7. The lowest BCUT2D eigenvalue weighted by atomic mass is 10.2. The first-order chi connectivity index (χ1) is 7.72. The van der Waals surface area contributed by atoms with E-state index in [-0.39, 0.29) is 12.5 Å². The fraction of sp³-hybridized carbons (Fsp3) is 0.273. The molecule has 5 heteroatoms. The molecule has 0 radical (unpaired) electrons. The molecule has 84 valence electrons. The Labute approximate surface area is 98.6 Å². The Morgan fingerprint density at radius 2 is 2.38 bits per heavy atom. The van der Waals surface area contributed by atoms with E-state index in [1.165, 1.54) is 7.11 Å². The Morgan fingerprint density at radius 3 is 2.94 bits per heavy atom. The fourth-order valence-electron chi connectivity index (χ4n) is 1.20. The summed E-state index contributed by atoms with van der Waals surface area (Å²) in [6, 6.07) is 7.18. The molecular weight excluding hydrogens is 224 g/mol. The molecule has 1 aromatic rings. The molecule has 0 aliphatic heterocycles. The highest BCUT2D eigenvalue weighted by atomic mass is 32.2. The van der Waals surface area contributed by atoms with E-state index in [0.29, 0.717) is 11.3 Å². The summed E-state index contributed by atoms with van der Waals surface area (Å²) in [5.74, 6) is 0.216. The molecule has 0 aliphatic carbocycles. The van der Waals surface area contributed by atoms with Crippen LogP contribution in [0.4, 0.5) is 0 Å². The summed E-state index contributed by atoms with van der Waals surface area (Å²) >= 11 is 1.57. The van der Waals surface area contributed by atoms with Crippen LogP contribution in [0.1, 0.15) is 10.4 Å². The van der Waals surface area contributed by atoms with Crippen molar-refractivity contribution in [1.29, 1.82) is 5.26 Å². The third-order valence-corrected chi connectivity index (χ3v) is 2.71. The van der Waals surface area contributed by atoms with Gasteiger partial charge in [0, 0.05) is 4.90 Å². The summed E-state index contributed by atoms with van der Waals surface area (Å²) in [5, 5.41) is 10.8. The van der Waals surface area contributed by atoms with Gasteiger partial charge in [-0.1, -0.05) is 0 Å². The molecule has 0 atom stereocenters. The van der Waals surface area contributed by atoms with E-state index in [0.717, 1.165) is 4.90 Å². The fourth-order valence-corrected chi connectivity index (χ4v) is 1.63. The van der Waals surface area contributed by atoms with Crippen LogP contribution in [0, 0.1) is 11.3 Å². The first-order valence-corrected chi connectivity index (χ1v) is 5.82. The number of carbonyl (C=O) groups is 1. The van der Waals surface area contributed by atoms with E-state index < -0.39 is 0 Å². The zero-order valence-corrected chi connectivity index (χ0v) is 9.93. The highest BCUT2D eigenvalue weighted by Gasteiger charge is 2.11. The predicted octanol–water partition coefficient (Wildman–Crippen LogP) is 1.67. The van der Waals surface area contributed by atoms with Crippen LogP contribution in [0.15, 0.2) is 23.1 Å². The molecule has 16 heavy (non-hydrogen) atoms. The van der Waals surface area contributed by atoms with Gasteiger partial charge in [0.1, 0.15) is 12.3 Å². The molecule has 0 aliphatic rings. The maximum Gasteiger partial charge on any atom is 0.255 e. The van der Waals surface area contributed by atoms with Crippen LogP contribution in [0.5, 0.6) is 5.75 Å². The van der Waals surface area contributed by atoms with Gasteiger partial charge in [-0.15, -0.1) is 11.8 Å². The number of methoxy groups -OCH3 is 1. The number of rotatable bonds is 4. The third-order valence-electron chi connectivity index (χ3n) is 1.98. The largest absolute Gasteiger partial charge is 0.496 e. The molecule has 1 amide bonds.